The number of hydrogen-bond acceptors (Lipinski definition) is 3. The standard InChI is InChI=1S/C22H25FN2O2/c1-14-12-25(13-15(2)27-14)22(26)19-8-18(9-21(23)10-19)17-4-3-16-5-6-24-11-20(16)7-17/h3-4,7-10,14-15,24H,5-6,11-13H2,1-2H3/t14-,15+. The Balaban J connectivity index is 1.64. The Hall–Kier alpha value is -2.24. The third-order valence-electron chi connectivity index (χ3n) is 5.28. The zero-order valence-corrected chi connectivity index (χ0v) is 15.8. The smallest absolute Gasteiger partial charge is 0.254 e. The van der Waals surface area contributed by atoms with Gasteiger partial charge in [0.2, 0.25) is 0 Å². The minimum atomic E-state index is -0.388. The van der Waals surface area contributed by atoms with Crippen LogP contribution in [0, 0.1) is 5.82 Å². The molecule has 0 radical (unpaired) electrons. The predicted octanol–water partition coefficient (Wildman–Crippen LogP) is 3.39. The molecule has 0 aliphatic carbocycles. The summed E-state index contributed by atoms with van der Waals surface area (Å²) in [6.07, 6.45) is 0.980. The van der Waals surface area contributed by atoms with Crippen molar-refractivity contribution in [2.45, 2.75) is 39.0 Å². The maximum atomic E-state index is 14.3. The minimum Gasteiger partial charge on any atom is -0.372 e. The van der Waals surface area contributed by atoms with Crippen LogP contribution in [0.3, 0.4) is 0 Å². The van der Waals surface area contributed by atoms with Crippen LogP contribution in [-0.4, -0.2) is 42.6 Å². The zero-order valence-electron chi connectivity index (χ0n) is 15.8. The number of rotatable bonds is 2. The molecule has 2 aromatic rings. The van der Waals surface area contributed by atoms with Gasteiger partial charge in [0, 0.05) is 25.2 Å². The number of carbonyl (C=O) groups excluding carboxylic acids is 1. The van der Waals surface area contributed by atoms with Gasteiger partial charge in [-0.25, -0.2) is 4.39 Å². The summed E-state index contributed by atoms with van der Waals surface area (Å²) in [7, 11) is 0. The van der Waals surface area contributed by atoms with Gasteiger partial charge in [-0.05, 0) is 73.3 Å². The van der Waals surface area contributed by atoms with Gasteiger partial charge < -0.3 is 15.0 Å². The molecule has 0 aromatic heterocycles. The average molecular weight is 368 g/mol. The second-order valence-corrected chi connectivity index (χ2v) is 7.61. The van der Waals surface area contributed by atoms with Crippen LogP contribution in [0.4, 0.5) is 4.39 Å². The summed E-state index contributed by atoms with van der Waals surface area (Å²) in [5.41, 5.74) is 4.64. The van der Waals surface area contributed by atoms with Crippen molar-refractivity contribution in [1.29, 1.82) is 0 Å². The largest absolute Gasteiger partial charge is 0.372 e. The maximum Gasteiger partial charge on any atom is 0.254 e. The first kappa shape index (κ1) is 18.1. The van der Waals surface area contributed by atoms with Gasteiger partial charge in [0.15, 0.2) is 0 Å². The molecule has 2 heterocycles. The normalized spacial score (nSPS) is 22.4. The van der Waals surface area contributed by atoms with Gasteiger partial charge in [0.25, 0.3) is 5.91 Å². The van der Waals surface area contributed by atoms with Gasteiger partial charge in [0.05, 0.1) is 12.2 Å². The Kier molecular flexibility index (Phi) is 4.98. The molecule has 1 amide bonds. The van der Waals surface area contributed by atoms with E-state index in [1.807, 2.05) is 19.9 Å². The number of fused-ring (bicyclic) bond motifs is 1. The summed E-state index contributed by atoms with van der Waals surface area (Å²) in [5.74, 6) is -0.529. The number of morpholine rings is 1. The van der Waals surface area contributed by atoms with Crippen molar-refractivity contribution >= 4 is 5.91 Å². The van der Waals surface area contributed by atoms with Crippen LogP contribution in [-0.2, 0) is 17.7 Å². The molecule has 27 heavy (non-hydrogen) atoms. The molecule has 2 aliphatic heterocycles. The molecule has 1 saturated heterocycles. The molecule has 4 rings (SSSR count). The number of hydrogen-bond donors (Lipinski definition) is 1. The van der Waals surface area contributed by atoms with Crippen molar-refractivity contribution in [1.82, 2.24) is 10.2 Å². The van der Waals surface area contributed by atoms with Crippen LogP contribution >= 0.6 is 0 Å². The lowest BCUT2D eigenvalue weighted by atomic mass is 9.94. The molecular formula is C22H25FN2O2. The Morgan fingerprint density at radius 3 is 2.63 bits per heavy atom. The fraction of sp³-hybridized carbons (Fsp3) is 0.409. The van der Waals surface area contributed by atoms with E-state index in [4.69, 9.17) is 4.74 Å². The van der Waals surface area contributed by atoms with E-state index in [0.29, 0.717) is 18.7 Å². The van der Waals surface area contributed by atoms with E-state index in [2.05, 4.69) is 17.4 Å². The fourth-order valence-electron chi connectivity index (χ4n) is 4.07. The van der Waals surface area contributed by atoms with Crippen molar-refractivity contribution in [2.24, 2.45) is 0 Å². The zero-order chi connectivity index (χ0) is 19.0. The van der Waals surface area contributed by atoms with Gasteiger partial charge in [-0.15, -0.1) is 0 Å². The van der Waals surface area contributed by atoms with E-state index < -0.39 is 0 Å². The average Bonchev–Trinajstić information content (AvgIpc) is 2.65. The Labute approximate surface area is 159 Å². The molecule has 0 unspecified atom stereocenters. The summed E-state index contributed by atoms with van der Waals surface area (Å²) in [4.78, 5) is 14.7. The highest BCUT2D eigenvalue weighted by Crippen LogP contribution is 2.27. The first-order valence-electron chi connectivity index (χ1n) is 9.58. The summed E-state index contributed by atoms with van der Waals surface area (Å²) in [6.45, 7) is 6.77. The van der Waals surface area contributed by atoms with E-state index in [-0.39, 0.29) is 23.9 Å². The van der Waals surface area contributed by atoms with Crippen molar-refractivity contribution in [3.8, 4) is 11.1 Å². The third kappa shape index (κ3) is 3.89. The lowest BCUT2D eigenvalue weighted by molar-refractivity contribution is -0.0586. The van der Waals surface area contributed by atoms with Crippen LogP contribution in [0.25, 0.3) is 11.1 Å². The molecule has 1 fully saturated rings. The number of benzene rings is 2. The number of carbonyl (C=O) groups is 1. The Morgan fingerprint density at radius 2 is 1.85 bits per heavy atom. The van der Waals surface area contributed by atoms with E-state index in [9.17, 15) is 9.18 Å². The molecular weight excluding hydrogens is 343 g/mol. The van der Waals surface area contributed by atoms with Crippen molar-refractivity contribution < 1.29 is 13.9 Å². The van der Waals surface area contributed by atoms with Gasteiger partial charge in [0.1, 0.15) is 5.82 Å². The molecule has 0 saturated carbocycles. The van der Waals surface area contributed by atoms with Crippen LogP contribution < -0.4 is 5.32 Å². The molecule has 1 N–H and O–H groups in total. The molecule has 0 bridgehead atoms. The topological polar surface area (TPSA) is 41.6 Å². The molecule has 2 atom stereocenters. The van der Waals surface area contributed by atoms with E-state index in [0.717, 1.165) is 30.6 Å². The number of amides is 1. The number of nitrogens with zero attached hydrogens (tertiary/aromatic N) is 1. The van der Waals surface area contributed by atoms with E-state index in [1.165, 1.54) is 23.3 Å². The summed E-state index contributed by atoms with van der Waals surface area (Å²) < 4.78 is 20.0. The second kappa shape index (κ2) is 7.41. The van der Waals surface area contributed by atoms with Crippen LogP contribution in [0.5, 0.6) is 0 Å². The summed E-state index contributed by atoms with van der Waals surface area (Å²) >= 11 is 0. The van der Waals surface area contributed by atoms with Gasteiger partial charge in [-0.1, -0.05) is 12.1 Å². The lowest BCUT2D eigenvalue weighted by Gasteiger charge is -2.35. The van der Waals surface area contributed by atoms with Crippen LogP contribution in [0.2, 0.25) is 0 Å². The SMILES string of the molecule is C[C@@H]1CN(C(=O)c2cc(F)cc(-c3ccc4c(c3)CNCC4)c2)C[C@H](C)O1. The summed E-state index contributed by atoms with van der Waals surface area (Å²) in [6, 6.07) is 10.9. The highest BCUT2D eigenvalue weighted by molar-refractivity contribution is 5.95. The monoisotopic (exact) mass is 368 g/mol. The van der Waals surface area contributed by atoms with E-state index >= 15 is 0 Å². The second-order valence-electron chi connectivity index (χ2n) is 7.61. The highest BCUT2D eigenvalue weighted by Gasteiger charge is 2.27. The van der Waals surface area contributed by atoms with Gasteiger partial charge >= 0.3 is 0 Å². The van der Waals surface area contributed by atoms with Gasteiger partial charge in [-0.2, -0.15) is 0 Å². The molecule has 4 nitrogen and oxygen atoms in total. The first-order chi connectivity index (χ1) is 13.0. The molecule has 0 spiro atoms. The minimum absolute atomic E-state index is 0.0149. The highest BCUT2D eigenvalue weighted by atomic mass is 19.1. The Morgan fingerprint density at radius 1 is 1.07 bits per heavy atom. The quantitative estimate of drug-likeness (QED) is 0.884. The number of halogens is 1. The Bertz CT molecular complexity index is 857. The fourth-order valence-corrected chi connectivity index (χ4v) is 4.07. The van der Waals surface area contributed by atoms with E-state index in [1.54, 1.807) is 11.0 Å². The summed E-state index contributed by atoms with van der Waals surface area (Å²) in [5, 5.41) is 3.37. The molecule has 5 heteroatoms. The number of ether oxygens (including phenoxy) is 1. The van der Waals surface area contributed by atoms with Gasteiger partial charge in [-0.3, -0.25) is 4.79 Å². The van der Waals surface area contributed by atoms with Crippen LogP contribution in [0.1, 0.15) is 35.3 Å². The molecule has 2 aromatic carbocycles. The maximum absolute atomic E-state index is 14.3. The van der Waals surface area contributed by atoms with Crippen molar-refractivity contribution in [3.63, 3.8) is 0 Å². The van der Waals surface area contributed by atoms with Crippen molar-refractivity contribution in [2.75, 3.05) is 19.6 Å². The molecule has 2 aliphatic rings. The first-order valence-corrected chi connectivity index (χ1v) is 9.58. The van der Waals surface area contributed by atoms with Crippen molar-refractivity contribution in [3.05, 3.63) is 58.9 Å². The molecule has 142 valence electrons. The third-order valence-corrected chi connectivity index (χ3v) is 5.28. The number of nitrogens with one attached hydrogen (secondary N) is 1. The lowest BCUT2D eigenvalue weighted by Crippen LogP contribution is -2.48. The predicted molar refractivity (Wildman–Crippen MR) is 103 cm³/mol. The van der Waals surface area contributed by atoms with Crippen LogP contribution in [0.15, 0.2) is 36.4 Å².